The molecule has 0 saturated carbocycles. The van der Waals surface area contributed by atoms with Crippen LogP contribution in [0.25, 0.3) is 5.65 Å². The van der Waals surface area contributed by atoms with Gasteiger partial charge in [0, 0.05) is 35.9 Å². The van der Waals surface area contributed by atoms with Crippen LogP contribution in [0.5, 0.6) is 0 Å². The van der Waals surface area contributed by atoms with Crippen molar-refractivity contribution < 1.29 is 13.2 Å². The van der Waals surface area contributed by atoms with Crippen LogP contribution in [0.4, 0.5) is 24.3 Å². The minimum atomic E-state index is -4.39. The first-order valence-corrected chi connectivity index (χ1v) is 9.93. The highest BCUT2D eigenvalue weighted by molar-refractivity contribution is 7.09. The van der Waals surface area contributed by atoms with Crippen molar-refractivity contribution in [3.63, 3.8) is 0 Å². The number of aromatic nitrogens is 5. The predicted molar refractivity (Wildman–Crippen MR) is 98.6 cm³/mol. The van der Waals surface area contributed by atoms with Gasteiger partial charge in [-0.25, -0.2) is 9.50 Å². The van der Waals surface area contributed by atoms with Gasteiger partial charge in [-0.05, 0) is 44.7 Å². The van der Waals surface area contributed by atoms with Gasteiger partial charge in [-0.2, -0.15) is 22.5 Å². The Hall–Kier alpha value is -2.43. The fourth-order valence-corrected chi connectivity index (χ4v) is 5.12. The van der Waals surface area contributed by atoms with Crippen LogP contribution < -0.4 is 10.2 Å². The summed E-state index contributed by atoms with van der Waals surface area (Å²) in [5, 5.41) is 8.58. The topological polar surface area (TPSA) is 71.2 Å². The third kappa shape index (κ3) is 3.07. The number of pyridine rings is 1. The fraction of sp³-hybridized carbons (Fsp3) is 0.529. The Balaban J connectivity index is 1.32. The smallest absolute Gasteiger partial charge is 0.350 e. The van der Waals surface area contributed by atoms with Gasteiger partial charge in [-0.3, -0.25) is 0 Å². The minimum Gasteiger partial charge on any atom is -0.350 e. The molecule has 2 unspecified atom stereocenters. The molecule has 11 heteroatoms. The Morgan fingerprint density at radius 1 is 1.18 bits per heavy atom. The third-order valence-corrected chi connectivity index (χ3v) is 6.29. The van der Waals surface area contributed by atoms with E-state index < -0.39 is 11.7 Å². The molecule has 0 aliphatic carbocycles. The molecule has 2 saturated heterocycles. The van der Waals surface area contributed by atoms with Crippen molar-refractivity contribution in [3.05, 3.63) is 29.7 Å². The number of nitrogens with zero attached hydrogens (tertiary/aromatic N) is 6. The number of fused-ring (bicyclic) bond motifs is 3. The highest BCUT2D eigenvalue weighted by atomic mass is 32.1. The van der Waals surface area contributed by atoms with E-state index in [1.54, 1.807) is 0 Å². The number of hydrogen-bond acceptors (Lipinski definition) is 7. The van der Waals surface area contributed by atoms with Crippen molar-refractivity contribution in [2.45, 2.75) is 56.9 Å². The second kappa shape index (κ2) is 6.29. The van der Waals surface area contributed by atoms with Crippen molar-refractivity contribution >= 4 is 28.3 Å². The summed E-state index contributed by atoms with van der Waals surface area (Å²) < 4.78 is 44.3. The van der Waals surface area contributed by atoms with E-state index in [2.05, 4.69) is 29.7 Å². The van der Waals surface area contributed by atoms with Gasteiger partial charge in [0.2, 0.25) is 11.1 Å². The van der Waals surface area contributed by atoms with Gasteiger partial charge in [0.25, 0.3) is 0 Å². The van der Waals surface area contributed by atoms with Crippen molar-refractivity contribution in [2.24, 2.45) is 0 Å². The summed E-state index contributed by atoms with van der Waals surface area (Å²) in [5.41, 5.74) is -0.542. The molecule has 7 nitrogen and oxygen atoms in total. The standard InChI is InChI=1S/C17H18F3N7S/c1-9-21-16(28-25-9)27-12-2-3-13(27)8-11(7-12)22-15-23-14-6-10(17(18,19)20)4-5-26(14)24-15/h4-6,11-13H,2-3,7-8H2,1H3,(H,22,24). The largest absolute Gasteiger partial charge is 0.416 e. The Kier molecular flexibility index (Phi) is 3.97. The first-order valence-electron chi connectivity index (χ1n) is 9.15. The Morgan fingerprint density at radius 2 is 1.93 bits per heavy atom. The van der Waals surface area contributed by atoms with Crippen molar-refractivity contribution in [3.8, 4) is 0 Å². The molecule has 5 heterocycles. The lowest BCUT2D eigenvalue weighted by atomic mass is 9.98. The van der Waals surface area contributed by atoms with Gasteiger partial charge in [-0.15, -0.1) is 5.10 Å². The van der Waals surface area contributed by atoms with Gasteiger partial charge in [0.1, 0.15) is 5.82 Å². The Bertz CT molecular complexity index is 1000. The normalized spacial score (nSPS) is 24.9. The lowest BCUT2D eigenvalue weighted by Crippen LogP contribution is -2.47. The zero-order chi connectivity index (χ0) is 19.5. The quantitative estimate of drug-likeness (QED) is 0.714. The predicted octanol–water partition coefficient (Wildman–Crippen LogP) is 3.52. The molecule has 2 aliphatic rings. The lowest BCUT2D eigenvalue weighted by Gasteiger charge is -2.38. The molecule has 0 radical (unpaired) electrons. The zero-order valence-corrected chi connectivity index (χ0v) is 15.8. The first-order chi connectivity index (χ1) is 13.4. The van der Waals surface area contributed by atoms with Crippen molar-refractivity contribution in [1.82, 2.24) is 24.0 Å². The number of halogens is 3. The number of piperidine rings is 1. The number of rotatable bonds is 3. The van der Waals surface area contributed by atoms with Crippen molar-refractivity contribution in [2.75, 3.05) is 10.2 Å². The van der Waals surface area contributed by atoms with Crippen LogP contribution in [0.2, 0.25) is 0 Å². The molecule has 0 spiro atoms. The van der Waals surface area contributed by atoms with Gasteiger partial charge >= 0.3 is 6.18 Å². The van der Waals surface area contributed by atoms with E-state index >= 15 is 0 Å². The summed E-state index contributed by atoms with van der Waals surface area (Å²) in [6.45, 7) is 1.90. The van der Waals surface area contributed by atoms with Gasteiger partial charge in [0.05, 0.1) is 5.56 Å². The fourth-order valence-electron chi connectivity index (χ4n) is 4.30. The highest BCUT2D eigenvalue weighted by Crippen LogP contribution is 2.40. The van der Waals surface area contributed by atoms with E-state index in [-0.39, 0.29) is 11.7 Å². The number of nitrogens with one attached hydrogen (secondary N) is 1. The number of alkyl halides is 3. The molecule has 3 aromatic heterocycles. The maximum atomic E-state index is 12.9. The van der Waals surface area contributed by atoms with Gasteiger partial charge in [-0.1, -0.05) is 0 Å². The SMILES string of the molecule is Cc1nsc(N2C3CCC2CC(Nc2nc4cc(C(F)(F)F)ccn4n2)C3)n1. The molecule has 0 aromatic carbocycles. The van der Waals surface area contributed by atoms with Crippen LogP contribution in [-0.2, 0) is 6.18 Å². The number of aryl methyl sites for hydroxylation is 1. The average molecular weight is 409 g/mol. The minimum absolute atomic E-state index is 0.182. The van der Waals surface area contributed by atoms with Gasteiger partial charge in [0.15, 0.2) is 5.65 Å². The summed E-state index contributed by atoms with van der Waals surface area (Å²) >= 11 is 1.44. The molecular formula is C17H18F3N7S. The maximum absolute atomic E-state index is 12.9. The highest BCUT2D eigenvalue weighted by Gasteiger charge is 2.42. The number of anilines is 2. The monoisotopic (exact) mass is 409 g/mol. The molecule has 0 amide bonds. The molecule has 2 atom stereocenters. The number of hydrogen-bond donors (Lipinski definition) is 1. The van der Waals surface area contributed by atoms with Crippen LogP contribution in [-0.4, -0.2) is 42.1 Å². The van der Waals surface area contributed by atoms with Crippen LogP contribution in [0, 0.1) is 6.92 Å². The first kappa shape index (κ1) is 17.7. The molecular weight excluding hydrogens is 391 g/mol. The van der Waals surface area contributed by atoms with E-state index in [0.29, 0.717) is 18.0 Å². The van der Waals surface area contributed by atoms with Crippen LogP contribution >= 0.6 is 11.5 Å². The maximum Gasteiger partial charge on any atom is 0.416 e. The molecule has 2 aliphatic heterocycles. The third-order valence-electron chi connectivity index (χ3n) is 5.47. The zero-order valence-electron chi connectivity index (χ0n) is 15.0. The summed E-state index contributed by atoms with van der Waals surface area (Å²) in [5.74, 6) is 1.16. The van der Waals surface area contributed by atoms with E-state index in [4.69, 9.17) is 0 Å². The Morgan fingerprint density at radius 3 is 2.57 bits per heavy atom. The second-order valence-corrected chi connectivity index (χ2v) is 8.11. The van der Waals surface area contributed by atoms with E-state index in [1.807, 2.05) is 6.92 Å². The van der Waals surface area contributed by atoms with Crippen LogP contribution in [0.1, 0.15) is 37.1 Å². The summed E-state index contributed by atoms with van der Waals surface area (Å²) in [6, 6.07) is 2.98. The lowest BCUT2D eigenvalue weighted by molar-refractivity contribution is -0.137. The Labute approximate surface area is 162 Å². The van der Waals surface area contributed by atoms with E-state index in [1.165, 1.54) is 22.2 Å². The summed E-state index contributed by atoms with van der Waals surface area (Å²) in [6.07, 6.45) is 0.942. The summed E-state index contributed by atoms with van der Waals surface area (Å²) in [4.78, 5) is 11.2. The van der Waals surface area contributed by atoms with Crippen LogP contribution in [0.3, 0.4) is 0 Å². The average Bonchev–Trinajstić information content (AvgIpc) is 3.29. The molecule has 148 valence electrons. The van der Waals surface area contributed by atoms with E-state index in [9.17, 15) is 13.2 Å². The molecule has 28 heavy (non-hydrogen) atoms. The molecule has 1 N–H and O–H groups in total. The molecule has 3 aromatic rings. The second-order valence-electron chi connectivity index (χ2n) is 7.38. The summed E-state index contributed by atoms with van der Waals surface area (Å²) in [7, 11) is 0. The van der Waals surface area contributed by atoms with Crippen LogP contribution in [0.15, 0.2) is 18.3 Å². The molecule has 2 bridgehead atoms. The molecule has 5 rings (SSSR count). The van der Waals surface area contributed by atoms with Crippen molar-refractivity contribution in [1.29, 1.82) is 0 Å². The molecule has 2 fully saturated rings. The van der Waals surface area contributed by atoms with E-state index in [0.717, 1.165) is 48.8 Å². The van der Waals surface area contributed by atoms with Gasteiger partial charge < -0.3 is 10.2 Å².